The summed E-state index contributed by atoms with van der Waals surface area (Å²) >= 11 is 0. The molecular formula is C70H67N5O+2. The zero-order chi connectivity index (χ0) is 53.1. The fraction of sp³-hybridized carbons (Fsp3) is 0.229. The predicted octanol–water partition coefficient (Wildman–Crippen LogP) is 18.8. The number of rotatable bonds is 7. The lowest BCUT2D eigenvalue weighted by Gasteiger charge is -2.24. The van der Waals surface area contributed by atoms with Gasteiger partial charge in [-0.1, -0.05) is 168 Å². The largest absolute Gasteiger partial charge is 0.503 e. The van der Waals surface area contributed by atoms with E-state index in [0.717, 1.165) is 78.6 Å². The van der Waals surface area contributed by atoms with Gasteiger partial charge in [-0.25, -0.2) is 4.98 Å². The molecule has 1 aliphatic rings. The number of hydrogen-bond donors (Lipinski definition) is 0. The number of pyridine rings is 1. The molecule has 3 aromatic heterocycles. The lowest BCUT2D eigenvalue weighted by Crippen LogP contribution is -2.17. The maximum atomic E-state index is 6.97. The van der Waals surface area contributed by atoms with E-state index in [1.807, 2.05) is 12.3 Å². The van der Waals surface area contributed by atoms with Crippen LogP contribution in [0.4, 0.5) is 22.7 Å². The van der Waals surface area contributed by atoms with Crippen molar-refractivity contribution in [2.24, 2.45) is 0 Å². The molecule has 0 N–H and O–H groups in total. The molecule has 6 nitrogen and oxygen atoms in total. The van der Waals surface area contributed by atoms with Crippen molar-refractivity contribution in [1.82, 2.24) is 23.3 Å². The number of para-hydroxylation sites is 3. The highest BCUT2D eigenvalue weighted by atomic mass is 16.5. The highest BCUT2D eigenvalue weighted by molar-refractivity contribution is 6.11. The van der Waals surface area contributed by atoms with Crippen LogP contribution in [0.3, 0.4) is 0 Å². The predicted molar refractivity (Wildman–Crippen MR) is 320 cm³/mol. The first kappa shape index (κ1) is 48.6. The second kappa shape index (κ2) is 17.7. The molecule has 0 saturated carbocycles. The van der Waals surface area contributed by atoms with Crippen LogP contribution >= 0.6 is 0 Å². The summed E-state index contributed by atoms with van der Waals surface area (Å²) in [6.45, 7) is 27.4. The Morgan fingerprint density at radius 3 is 1.67 bits per heavy atom. The molecule has 0 radical (unpaired) electrons. The Morgan fingerprint density at radius 1 is 0.395 bits per heavy atom. The van der Waals surface area contributed by atoms with Crippen molar-refractivity contribution < 1.29 is 4.74 Å². The molecule has 11 aromatic rings. The quantitative estimate of drug-likeness (QED) is 0.149. The molecule has 376 valence electrons. The second-order valence-corrected chi connectivity index (χ2v) is 24.9. The molecule has 0 fully saturated rings. The molecule has 8 aromatic carbocycles. The Labute approximate surface area is 447 Å². The van der Waals surface area contributed by atoms with E-state index in [2.05, 4.69) is 283 Å². The maximum Gasteiger partial charge on any atom is 0.503 e. The average molecular weight is 994 g/mol. The van der Waals surface area contributed by atoms with Gasteiger partial charge in [0.25, 0.3) is 0 Å². The third-order valence-electron chi connectivity index (χ3n) is 15.3. The van der Waals surface area contributed by atoms with Crippen LogP contribution in [-0.2, 0) is 21.7 Å². The van der Waals surface area contributed by atoms with E-state index in [4.69, 9.17) is 9.72 Å². The van der Waals surface area contributed by atoms with Gasteiger partial charge in [0.15, 0.2) is 0 Å². The van der Waals surface area contributed by atoms with Gasteiger partial charge in [-0.3, -0.25) is 4.57 Å². The summed E-state index contributed by atoms with van der Waals surface area (Å²) in [5.41, 5.74) is 16.9. The molecule has 0 saturated heterocycles. The molecular weight excluding hydrogens is 927 g/mol. The van der Waals surface area contributed by atoms with Crippen LogP contribution in [0.2, 0.25) is 0 Å². The summed E-state index contributed by atoms with van der Waals surface area (Å²) in [6.07, 6.45) is 1.94. The molecule has 0 unspecified atom stereocenters. The molecule has 12 rings (SSSR count). The summed E-state index contributed by atoms with van der Waals surface area (Å²) < 4.78 is 16.2. The second-order valence-electron chi connectivity index (χ2n) is 24.9. The van der Waals surface area contributed by atoms with Crippen molar-refractivity contribution in [1.29, 1.82) is 0 Å². The van der Waals surface area contributed by atoms with E-state index in [1.165, 1.54) is 44.2 Å². The number of nitrogens with zero attached hydrogens (tertiary/aromatic N) is 5. The lowest BCUT2D eigenvalue weighted by molar-refractivity contribution is 0.483. The molecule has 0 spiro atoms. The summed E-state index contributed by atoms with van der Waals surface area (Å²) in [5, 5.41) is 4.74. The molecule has 0 bridgehead atoms. The van der Waals surface area contributed by atoms with Gasteiger partial charge in [0.1, 0.15) is 23.0 Å². The molecule has 4 heterocycles. The first-order chi connectivity index (χ1) is 36.2. The maximum absolute atomic E-state index is 6.97. The van der Waals surface area contributed by atoms with Gasteiger partial charge < -0.3 is 9.30 Å². The van der Waals surface area contributed by atoms with Crippen LogP contribution in [0, 0.1) is 0 Å². The Balaban J connectivity index is 1.01. The van der Waals surface area contributed by atoms with Crippen molar-refractivity contribution in [3.05, 3.63) is 210 Å². The first-order valence-corrected chi connectivity index (χ1v) is 26.8. The van der Waals surface area contributed by atoms with E-state index in [9.17, 15) is 0 Å². The zero-order valence-electron chi connectivity index (χ0n) is 46.0. The number of benzene rings is 8. The van der Waals surface area contributed by atoms with E-state index < -0.39 is 0 Å². The van der Waals surface area contributed by atoms with Crippen LogP contribution in [0.15, 0.2) is 188 Å². The monoisotopic (exact) mass is 994 g/mol. The van der Waals surface area contributed by atoms with Crippen molar-refractivity contribution in [2.75, 3.05) is 0 Å². The van der Waals surface area contributed by atoms with Gasteiger partial charge in [0.2, 0.25) is 11.4 Å². The Morgan fingerprint density at radius 2 is 0.987 bits per heavy atom. The molecule has 6 heteroatoms. The van der Waals surface area contributed by atoms with Crippen LogP contribution in [-0.4, -0.2) is 20.1 Å². The van der Waals surface area contributed by atoms with Crippen molar-refractivity contribution >= 4 is 72.4 Å². The first-order valence-electron chi connectivity index (χ1n) is 26.8. The summed E-state index contributed by atoms with van der Waals surface area (Å²) in [6, 6.07) is 70.2. The third kappa shape index (κ3) is 8.51. The number of fused-ring (bicyclic) bond motifs is 7. The van der Waals surface area contributed by atoms with Gasteiger partial charge in [-0.15, -0.1) is 0 Å². The fourth-order valence-electron chi connectivity index (χ4n) is 11.0. The molecule has 0 aliphatic carbocycles. The lowest BCUT2D eigenvalue weighted by atomic mass is 9.80. The van der Waals surface area contributed by atoms with Crippen molar-refractivity contribution in [2.45, 2.75) is 105 Å². The highest BCUT2D eigenvalue weighted by Gasteiger charge is 2.41. The van der Waals surface area contributed by atoms with Gasteiger partial charge in [0.05, 0.1) is 28.1 Å². The third-order valence-corrected chi connectivity index (χ3v) is 15.3. The summed E-state index contributed by atoms with van der Waals surface area (Å²) in [7, 11) is 0. The smallest absolute Gasteiger partial charge is 0.457 e. The average Bonchev–Trinajstić information content (AvgIpc) is 4.07. The standard InChI is InChI=1S/C70H67N5O/c1-67(2,3)47-21-17-20-45(36-47)46-30-33-61-58(37-46)57-32-31-54(43-64(57)75(61)65-41-48(34-35-71-65)68(4,5)6)76-53-23-18-22-51(42-53)72-44-73(52-39-49(69(7,8)9)38-50(40-52)70(10,11)12)66-62(72)28-19-29-63(66)74-59-26-15-13-24-55(59)56-25-14-16-27-60(56)74/h13-43H,1-12H3/q+2. The summed E-state index contributed by atoms with van der Waals surface area (Å²) in [5.74, 6) is 2.33. The number of ether oxygens (including phenoxy) is 1. The minimum atomic E-state index is -0.0811. The van der Waals surface area contributed by atoms with Gasteiger partial charge in [0, 0.05) is 58.1 Å². The Hall–Kier alpha value is -8.31. The zero-order valence-corrected chi connectivity index (χ0v) is 46.0. The SMILES string of the molecule is CC(C)(C)c1cccc(-c2ccc3c(c2)c2ccc(Oc4cccc([N+]5=C=[N+](c6cc(C(C)(C)C)cc(C(C)(C)C)c6)c6c(-n7c8ccccc8c8ccccc87)cccc65)c4)cc2n3-c2cc(C(C)(C)C)ccn2)c1. The van der Waals surface area contributed by atoms with E-state index >= 15 is 0 Å². The normalized spacial score (nSPS) is 13.2. The fourth-order valence-corrected chi connectivity index (χ4v) is 11.0. The van der Waals surface area contributed by atoms with Crippen LogP contribution in [0.5, 0.6) is 11.5 Å². The molecule has 76 heavy (non-hydrogen) atoms. The number of hydrogen-bond acceptors (Lipinski definition) is 2. The minimum absolute atomic E-state index is 0.0403. The highest BCUT2D eigenvalue weighted by Crippen LogP contribution is 2.46. The van der Waals surface area contributed by atoms with Gasteiger partial charge >= 0.3 is 17.4 Å². The van der Waals surface area contributed by atoms with Gasteiger partial charge in [-0.2, -0.15) is 0 Å². The van der Waals surface area contributed by atoms with E-state index in [-0.39, 0.29) is 21.7 Å². The molecule has 1 aliphatic heterocycles. The minimum Gasteiger partial charge on any atom is -0.457 e. The van der Waals surface area contributed by atoms with E-state index in [0.29, 0.717) is 0 Å². The van der Waals surface area contributed by atoms with Crippen LogP contribution in [0.25, 0.3) is 66.2 Å². The van der Waals surface area contributed by atoms with E-state index in [1.54, 1.807) is 0 Å². The summed E-state index contributed by atoms with van der Waals surface area (Å²) in [4.78, 5) is 5.02. The van der Waals surface area contributed by atoms with Crippen molar-refractivity contribution in [3.8, 4) is 34.1 Å². The van der Waals surface area contributed by atoms with Gasteiger partial charge in [-0.05, 0) is 125 Å². The Bertz CT molecular complexity index is 4140. The Kier molecular flexibility index (Phi) is 11.3. The van der Waals surface area contributed by atoms with Crippen LogP contribution in [0.1, 0.15) is 105 Å². The molecule has 0 amide bonds. The topological polar surface area (TPSA) is 38.0 Å². The number of aromatic nitrogens is 3. The molecule has 0 atom stereocenters. The van der Waals surface area contributed by atoms with Crippen molar-refractivity contribution in [3.63, 3.8) is 0 Å². The van der Waals surface area contributed by atoms with Crippen LogP contribution < -0.4 is 13.9 Å².